The van der Waals surface area contributed by atoms with Gasteiger partial charge >= 0.3 is 5.97 Å². The van der Waals surface area contributed by atoms with Gasteiger partial charge in [0.1, 0.15) is 0 Å². The Morgan fingerprint density at radius 2 is 2.12 bits per heavy atom. The zero-order chi connectivity index (χ0) is 12.5. The zero-order valence-corrected chi connectivity index (χ0v) is 11.3. The topological polar surface area (TPSA) is 26.3 Å². The summed E-state index contributed by atoms with van der Waals surface area (Å²) in [5, 5.41) is 0. The van der Waals surface area contributed by atoms with Crippen molar-refractivity contribution in [2.45, 2.75) is 17.7 Å². The van der Waals surface area contributed by atoms with Crippen LogP contribution in [0.4, 0.5) is 0 Å². The third-order valence-electron chi connectivity index (χ3n) is 2.03. The molecule has 0 aliphatic heterocycles. The first-order chi connectivity index (χ1) is 8.26. The third kappa shape index (κ3) is 5.80. The molecular weight excluding hydrogens is 256 g/mol. The number of rotatable bonds is 6. The number of ether oxygens (including phenoxy) is 1. The number of carbonyl (C=O) groups is 1. The third-order valence-corrected chi connectivity index (χ3v) is 3.39. The molecule has 2 nitrogen and oxygen atoms in total. The summed E-state index contributed by atoms with van der Waals surface area (Å²) in [7, 11) is 1.38. The van der Waals surface area contributed by atoms with Gasteiger partial charge in [0.2, 0.25) is 0 Å². The highest BCUT2D eigenvalue weighted by Gasteiger charge is 2.04. The molecule has 17 heavy (non-hydrogen) atoms. The maximum absolute atomic E-state index is 11.2. The summed E-state index contributed by atoms with van der Waals surface area (Å²) in [6.07, 6.45) is 3.17. The molecule has 4 heteroatoms. The fourth-order valence-electron chi connectivity index (χ4n) is 1.22. The molecule has 0 aromatic heterocycles. The fraction of sp³-hybridized carbons (Fsp3) is 0.308. The van der Waals surface area contributed by atoms with E-state index in [-0.39, 0.29) is 5.97 Å². The van der Waals surface area contributed by atoms with Crippen molar-refractivity contribution in [1.82, 2.24) is 0 Å². The van der Waals surface area contributed by atoms with E-state index in [9.17, 15) is 4.79 Å². The van der Waals surface area contributed by atoms with E-state index >= 15 is 0 Å². The molecule has 1 aromatic rings. The van der Waals surface area contributed by atoms with E-state index in [0.717, 1.165) is 22.6 Å². The molecule has 0 aliphatic carbocycles. The molecule has 0 fully saturated rings. The molecule has 1 rings (SSSR count). The first kappa shape index (κ1) is 14.1. The van der Waals surface area contributed by atoms with Crippen molar-refractivity contribution in [3.8, 4) is 0 Å². The highest BCUT2D eigenvalue weighted by molar-refractivity contribution is 8.03. The monoisotopic (exact) mass is 270 g/mol. The van der Waals surface area contributed by atoms with Crippen molar-refractivity contribution in [2.24, 2.45) is 0 Å². The van der Waals surface area contributed by atoms with Gasteiger partial charge in [0.15, 0.2) is 0 Å². The number of carbonyl (C=O) groups excluding carboxylic acids is 1. The van der Waals surface area contributed by atoms with E-state index in [1.165, 1.54) is 13.2 Å². The molecule has 0 aliphatic rings. The number of allylic oxidation sites excluding steroid dienone is 1. The number of esters is 1. The smallest absolute Gasteiger partial charge is 0.331 e. The summed E-state index contributed by atoms with van der Waals surface area (Å²) in [4.78, 5) is 13.3. The minimum atomic E-state index is -0.321. The molecule has 0 saturated heterocycles. The molecule has 0 N–H and O–H groups in total. The van der Waals surface area contributed by atoms with E-state index in [2.05, 4.69) is 4.74 Å². The SMILES string of the molecule is COC(=O)/C=C(/CCCCl)Sc1ccccc1. The molecule has 0 unspecified atom stereocenters. The molecule has 1 aromatic carbocycles. The number of methoxy groups -OCH3 is 1. The fourth-order valence-corrected chi connectivity index (χ4v) is 2.36. The molecule has 0 spiro atoms. The van der Waals surface area contributed by atoms with Crippen LogP contribution in [0.15, 0.2) is 46.2 Å². The zero-order valence-electron chi connectivity index (χ0n) is 9.69. The van der Waals surface area contributed by atoms with E-state index in [1.807, 2.05) is 30.3 Å². The predicted octanol–water partition coefficient (Wildman–Crippen LogP) is 3.85. The molecule has 0 radical (unpaired) electrons. The number of halogens is 1. The van der Waals surface area contributed by atoms with Gasteiger partial charge in [0.05, 0.1) is 7.11 Å². The van der Waals surface area contributed by atoms with Crippen LogP contribution in [-0.2, 0) is 9.53 Å². The Labute approximate surface area is 111 Å². The Kier molecular flexibility index (Phi) is 6.82. The average molecular weight is 271 g/mol. The highest BCUT2D eigenvalue weighted by atomic mass is 35.5. The number of benzene rings is 1. The lowest BCUT2D eigenvalue weighted by molar-refractivity contribution is -0.134. The van der Waals surface area contributed by atoms with Gasteiger partial charge in [-0.15, -0.1) is 11.6 Å². The first-order valence-electron chi connectivity index (χ1n) is 5.33. The van der Waals surface area contributed by atoms with Crippen molar-refractivity contribution in [2.75, 3.05) is 13.0 Å². The minimum Gasteiger partial charge on any atom is -0.466 e. The van der Waals surface area contributed by atoms with Gasteiger partial charge in [0, 0.05) is 16.9 Å². The molecule has 0 atom stereocenters. The summed E-state index contributed by atoms with van der Waals surface area (Å²) in [5.74, 6) is 0.270. The largest absolute Gasteiger partial charge is 0.466 e. The molecule has 0 saturated carbocycles. The summed E-state index contributed by atoms with van der Waals surface area (Å²) >= 11 is 7.24. The van der Waals surface area contributed by atoms with Gasteiger partial charge in [-0.3, -0.25) is 0 Å². The van der Waals surface area contributed by atoms with Crippen LogP contribution in [0.2, 0.25) is 0 Å². The Morgan fingerprint density at radius 1 is 1.41 bits per heavy atom. The summed E-state index contributed by atoms with van der Waals surface area (Å²) in [6.45, 7) is 0. The molecular formula is C13H15ClO2S. The Morgan fingerprint density at radius 3 is 2.71 bits per heavy atom. The highest BCUT2D eigenvalue weighted by Crippen LogP contribution is 2.29. The number of hydrogen-bond donors (Lipinski definition) is 0. The van der Waals surface area contributed by atoms with Gasteiger partial charge in [0.25, 0.3) is 0 Å². The predicted molar refractivity (Wildman–Crippen MR) is 72.4 cm³/mol. The quantitative estimate of drug-likeness (QED) is 0.340. The van der Waals surface area contributed by atoms with Gasteiger partial charge in [-0.05, 0) is 29.9 Å². The second kappa shape index (κ2) is 8.20. The molecule has 0 bridgehead atoms. The lowest BCUT2D eigenvalue weighted by Crippen LogP contribution is -1.96. The van der Waals surface area contributed by atoms with Crippen LogP contribution in [0, 0.1) is 0 Å². The second-order valence-corrected chi connectivity index (χ2v) is 4.92. The summed E-state index contributed by atoms with van der Waals surface area (Å²) < 4.78 is 4.64. The van der Waals surface area contributed by atoms with Crippen molar-refractivity contribution in [3.05, 3.63) is 41.3 Å². The van der Waals surface area contributed by atoms with Crippen LogP contribution in [0.1, 0.15) is 12.8 Å². The van der Waals surface area contributed by atoms with Crippen molar-refractivity contribution >= 4 is 29.3 Å². The van der Waals surface area contributed by atoms with Gasteiger partial charge < -0.3 is 4.74 Å². The van der Waals surface area contributed by atoms with Gasteiger partial charge in [-0.25, -0.2) is 4.79 Å². The summed E-state index contributed by atoms with van der Waals surface area (Å²) in [5.41, 5.74) is 0. The van der Waals surface area contributed by atoms with Crippen LogP contribution in [-0.4, -0.2) is 19.0 Å². The molecule has 0 amide bonds. The number of alkyl halides is 1. The van der Waals surface area contributed by atoms with E-state index in [4.69, 9.17) is 11.6 Å². The average Bonchev–Trinajstić information content (AvgIpc) is 2.37. The van der Waals surface area contributed by atoms with Crippen LogP contribution >= 0.6 is 23.4 Å². The van der Waals surface area contributed by atoms with E-state index in [0.29, 0.717) is 5.88 Å². The van der Waals surface area contributed by atoms with Crippen molar-refractivity contribution in [1.29, 1.82) is 0 Å². The Bertz CT molecular complexity index is 376. The van der Waals surface area contributed by atoms with Crippen LogP contribution < -0.4 is 0 Å². The lowest BCUT2D eigenvalue weighted by Gasteiger charge is -2.05. The molecule has 92 valence electrons. The van der Waals surface area contributed by atoms with E-state index in [1.54, 1.807) is 11.8 Å². The summed E-state index contributed by atoms with van der Waals surface area (Å²) in [6, 6.07) is 9.93. The maximum atomic E-state index is 11.2. The lowest BCUT2D eigenvalue weighted by atomic mass is 10.3. The number of thioether (sulfide) groups is 1. The minimum absolute atomic E-state index is 0.321. The van der Waals surface area contributed by atoms with Gasteiger partial charge in [-0.1, -0.05) is 30.0 Å². The Hall–Kier alpha value is -0.930. The van der Waals surface area contributed by atoms with Gasteiger partial charge in [-0.2, -0.15) is 0 Å². The maximum Gasteiger partial charge on any atom is 0.331 e. The Balaban J connectivity index is 2.70. The van der Waals surface area contributed by atoms with Crippen molar-refractivity contribution in [3.63, 3.8) is 0 Å². The molecule has 0 heterocycles. The standard InChI is InChI=1S/C13H15ClO2S/c1-16-13(15)10-12(8-5-9-14)17-11-6-3-2-4-7-11/h2-4,6-7,10H,5,8-9H2,1H3/b12-10-. The van der Waals surface area contributed by atoms with Crippen LogP contribution in [0.25, 0.3) is 0 Å². The normalized spacial score (nSPS) is 11.3. The van der Waals surface area contributed by atoms with Crippen molar-refractivity contribution < 1.29 is 9.53 Å². The van der Waals surface area contributed by atoms with Crippen LogP contribution in [0.3, 0.4) is 0 Å². The van der Waals surface area contributed by atoms with E-state index < -0.39 is 0 Å². The van der Waals surface area contributed by atoms with Crippen LogP contribution in [0.5, 0.6) is 0 Å². The number of hydrogen-bond acceptors (Lipinski definition) is 3. The first-order valence-corrected chi connectivity index (χ1v) is 6.68. The second-order valence-electron chi connectivity index (χ2n) is 3.34.